The SMILES string of the molecule is O=[N+]1C=Nc2cccc3cccc1c23. The quantitative estimate of drug-likeness (QED) is 0.578. The number of benzene rings is 2. The molecule has 0 fully saturated rings. The third-order valence-corrected chi connectivity index (χ3v) is 2.40. The maximum absolute atomic E-state index is 11.4. The lowest BCUT2D eigenvalue weighted by Crippen LogP contribution is -2.01. The molecule has 14 heavy (non-hydrogen) atoms. The molecule has 66 valence electrons. The van der Waals surface area contributed by atoms with Gasteiger partial charge in [-0.15, -0.1) is 0 Å². The molecule has 3 heteroatoms. The van der Waals surface area contributed by atoms with E-state index in [0.29, 0.717) is 5.69 Å². The fourth-order valence-electron chi connectivity index (χ4n) is 1.77. The van der Waals surface area contributed by atoms with Crippen molar-refractivity contribution < 1.29 is 4.76 Å². The van der Waals surface area contributed by atoms with Gasteiger partial charge in [0.2, 0.25) is 0 Å². The van der Waals surface area contributed by atoms with Crippen molar-refractivity contribution in [2.24, 2.45) is 4.99 Å². The van der Waals surface area contributed by atoms with E-state index in [1.54, 1.807) is 0 Å². The van der Waals surface area contributed by atoms with Gasteiger partial charge in [-0.25, -0.2) is 0 Å². The molecule has 2 aromatic carbocycles. The summed E-state index contributed by atoms with van der Waals surface area (Å²) in [4.78, 5) is 15.5. The first kappa shape index (κ1) is 7.38. The predicted molar refractivity (Wildman–Crippen MR) is 55.4 cm³/mol. The van der Waals surface area contributed by atoms with E-state index in [9.17, 15) is 4.91 Å². The Kier molecular flexibility index (Phi) is 1.31. The highest BCUT2D eigenvalue weighted by Crippen LogP contribution is 2.35. The van der Waals surface area contributed by atoms with E-state index in [1.807, 2.05) is 36.4 Å². The van der Waals surface area contributed by atoms with Gasteiger partial charge in [0.05, 0.1) is 5.39 Å². The first-order chi connectivity index (χ1) is 6.86. The van der Waals surface area contributed by atoms with Crippen LogP contribution < -0.4 is 0 Å². The smallest absolute Gasteiger partial charge is 0.0594 e. The molecule has 0 bridgehead atoms. The van der Waals surface area contributed by atoms with E-state index in [-0.39, 0.29) is 0 Å². The molecule has 0 N–H and O–H groups in total. The zero-order valence-corrected chi connectivity index (χ0v) is 7.34. The van der Waals surface area contributed by atoms with E-state index in [2.05, 4.69) is 4.99 Å². The van der Waals surface area contributed by atoms with Crippen LogP contribution in [0.4, 0.5) is 11.4 Å². The lowest BCUT2D eigenvalue weighted by atomic mass is 10.1. The van der Waals surface area contributed by atoms with Gasteiger partial charge >= 0.3 is 6.34 Å². The highest BCUT2D eigenvalue weighted by atomic mass is 16.3. The van der Waals surface area contributed by atoms with Gasteiger partial charge in [0.15, 0.2) is 11.4 Å². The zero-order valence-electron chi connectivity index (χ0n) is 7.34. The van der Waals surface area contributed by atoms with Crippen LogP contribution in [0.5, 0.6) is 0 Å². The molecule has 0 radical (unpaired) electrons. The van der Waals surface area contributed by atoms with E-state index in [0.717, 1.165) is 21.2 Å². The van der Waals surface area contributed by atoms with Crippen LogP contribution in [-0.2, 0) is 0 Å². The summed E-state index contributed by atoms with van der Waals surface area (Å²) in [6.07, 6.45) is 1.30. The second-order valence-electron chi connectivity index (χ2n) is 3.22. The Labute approximate surface area is 80.3 Å². The molecule has 0 spiro atoms. The van der Waals surface area contributed by atoms with Crippen molar-refractivity contribution in [3.05, 3.63) is 41.3 Å². The maximum Gasteiger partial charge on any atom is 0.331 e. The molecular formula is C11H7N2O+. The Bertz CT molecular complexity index is 567. The predicted octanol–water partition coefficient (Wildman–Crippen LogP) is 2.92. The van der Waals surface area contributed by atoms with Crippen LogP contribution in [0.1, 0.15) is 0 Å². The normalized spacial score (nSPS) is 13.6. The van der Waals surface area contributed by atoms with Gasteiger partial charge in [0.1, 0.15) is 0 Å². The lowest BCUT2D eigenvalue weighted by Gasteiger charge is -2.03. The Morgan fingerprint density at radius 2 is 1.86 bits per heavy atom. The van der Waals surface area contributed by atoms with Crippen molar-refractivity contribution in [1.82, 2.24) is 0 Å². The van der Waals surface area contributed by atoms with Gasteiger partial charge in [0.25, 0.3) is 0 Å². The minimum Gasteiger partial charge on any atom is -0.0594 e. The highest BCUT2D eigenvalue weighted by molar-refractivity contribution is 6.02. The number of hydrogen-bond donors (Lipinski definition) is 0. The molecule has 0 amide bonds. The van der Waals surface area contributed by atoms with E-state index in [4.69, 9.17) is 0 Å². The van der Waals surface area contributed by atoms with Gasteiger partial charge in [-0.2, -0.15) is 0 Å². The van der Waals surface area contributed by atoms with Crippen LogP contribution in [-0.4, -0.2) is 11.1 Å². The van der Waals surface area contributed by atoms with E-state index >= 15 is 0 Å². The number of rotatable bonds is 0. The molecule has 0 saturated carbocycles. The fraction of sp³-hybridized carbons (Fsp3) is 0. The van der Waals surface area contributed by atoms with Crippen molar-refractivity contribution in [2.45, 2.75) is 0 Å². The van der Waals surface area contributed by atoms with Crippen molar-refractivity contribution >= 4 is 28.5 Å². The number of hydrogen-bond acceptors (Lipinski definition) is 2. The topological polar surface area (TPSA) is 32.4 Å². The third-order valence-electron chi connectivity index (χ3n) is 2.40. The van der Waals surface area contributed by atoms with Crippen molar-refractivity contribution in [1.29, 1.82) is 0 Å². The van der Waals surface area contributed by atoms with Crippen molar-refractivity contribution in [2.75, 3.05) is 0 Å². The Balaban J connectivity index is 2.58. The van der Waals surface area contributed by atoms with Crippen molar-refractivity contribution in [3.63, 3.8) is 0 Å². The molecule has 2 aromatic rings. The van der Waals surface area contributed by atoms with Gasteiger partial charge in [0, 0.05) is 4.76 Å². The van der Waals surface area contributed by atoms with Gasteiger partial charge in [-0.3, -0.25) is 0 Å². The molecule has 0 aliphatic carbocycles. The third kappa shape index (κ3) is 0.836. The van der Waals surface area contributed by atoms with Crippen LogP contribution in [0.15, 0.2) is 41.4 Å². The van der Waals surface area contributed by atoms with E-state index < -0.39 is 0 Å². The van der Waals surface area contributed by atoms with Gasteiger partial charge in [-0.05, 0) is 22.5 Å². The average Bonchev–Trinajstić information content (AvgIpc) is 2.24. The Morgan fingerprint density at radius 3 is 2.71 bits per heavy atom. The Hall–Kier alpha value is -2.03. The summed E-state index contributed by atoms with van der Waals surface area (Å²) in [6, 6.07) is 11.5. The molecule has 1 aliphatic heterocycles. The fourth-order valence-corrected chi connectivity index (χ4v) is 1.77. The Morgan fingerprint density at radius 1 is 1.07 bits per heavy atom. The standard InChI is InChI=1S/C11H7N2O/c14-13-7-12-9-5-1-3-8-4-2-6-10(13)11(8)9/h1-7H/q+1. The second-order valence-corrected chi connectivity index (χ2v) is 3.22. The van der Waals surface area contributed by atoms with Gasteiger partial charge < -0.3 is 0 Å². The lowest BCUT2D eigenvalue weighted by molar-refractivity contribution is -0.318. The number of aliphatic imine (C=N–C) groups is 1. The summed E-state index contributed by atoms with van der Waals surface area (Å²) in [5.41, 5.74) is 1.54. The van der Waals surface area contributed by atoms with E-state index in [1.165, 1.54) is 6.34 Å². The van der Waals surface area contributed by atoms with Crippen LogP contribution in [0.2, 0.25) is 0 Å². The molecule has 1 aliphatic rings. The molecular weight excluding hydrogens is 176 g/mol. The summed E-state index contributed by atoms with van der Waals surface area (Å²) in [7, 11) is 0. The summed E-state index contributed by atoms with van der Waals surface area (Å²) in [5, 5.41) is 1.99. The monoisotopic (exact) mass is 183 g/mol. The first-order valence-corrected chi connectivity index (χ1v) is 4.38. The summed E-state index contributed by atoms with van der Waals surface area (Å²) < 4.78 is 0.801. The molecule has 0 unspecified atom stereocenters. The highest BCUT2D eigenvalue weighted by Gasteiger charge is 2.20. The second kappa shape index (κ2) is 2.48. The molecule has 3 rings (SSSR count). The number of nitroso groups, excluding NO2 is 1. The average molecular weight is 183 g/mol. The number of nitrogens with zero attached hydrogens (tertiary/aromatic N) is 2. The first-order valence-electron chi connectivity index (χ1n) is 4.38. The zero-order chi connectivity index (χ0) is 9.54. The van der Waals surface area contributed by atoms with Crippen molar-refractivity contribution in [3.8, 4) is 0 Å². The minimum atomic E-state index is 0.674. The maximum atomic E-state index is 11.4. The molecule has 1 heterocycles. The van der Waals surface area contributed by atoms with Crippen LogP contribution >= 0.6 is 0 Å². The molecule has 3 nitrogen and oxygen atoms in total. The summed E-state index contributed by atoms with van der Waals surface area (Å²) in [6.45, 7) is 0. The van der Waals surface area contributed by atoms with Gasteiger partial charge in [-0.1, -0.05) is 29.2 Å². The summed E-state index contributed by atoms with van der Waals surface area (Å²) >= 11 is 0. The molecule has 0 atom stereocenters. The summed E-state index contributed by atoms with van der Waals surface area (Å²) in [5.74, 6) is 0. The molecule has 0 saturated heterocycles. The van der Waals surface area contributed by atoms with Crippen LogP contribution in [0.25, 0.3) is 10.8 Å². The van der Waals surface area contributed by atoms with Crippen LogP contribution in [0, 0.1) is 4.91 Å². The molecule has 0 aromatic heterocycles. The minimum absolute atomic E-state index is 0.674. The van der Waals surface area contributed by atoms with Crippen LogP contribution in [0.3, 0.4) is 0 Å². The largest absolute Gasteiger partial charge is 0.331 e.